The van der Waals surface area contributed by atoms with Crippen molar-refractivity contribution in [3.8, 4) is 0 Å². The van der Waals surface area contributed by atoms with Gasteiger partial charge in [-0.3, -0.25) is 4.79 Å². The standard InChI is InChI=1S/C14H28BNO2/c1-9(2)5-6-14(17)16-11-8-13(15)18-12(11)7-10(3)4/h9-13H,5-8,15H2,1-4H3,(H,16,17)/t11-,12-,13-/m1/s1. The number of nitrogens with one attached hydrogen (secondary N) is 1. The van der Waals surface area contributed by atoms with E-state index in [1.807, 2.05) is 0 Å². The van der Waals surface area contributed by atoms with Crippen LogP contribution in [0.3, 0.4) is 0 Å². The van der Waals surface area contributed by atoms with Crippen LogP contribution in [0.4, 0.5) is 0 Å². The van der Waals surface area contributed by atoms with Crippen LogP contribution in [0.15, 0.2) is 0 Å². The van der Waals surface area contributed by atoms with Gasteiger partial charge in [0.25, 0.3) is 0 Å². The summed E-state index contributed by atoms with van der Waals surface area (Å²) in [6.45, 7) is 8.69. The Morgan fingerprint density at radius 1 is 1.33 bits per heavy atom. The second-order valence-electron chi connectivity index (χ2n) is 6.46. The molecule has 1 amide bonds. The van der Waals surface area contributed by atoms with Crippen molar-refractivity contribution in [2.45, 2.75) is 71.5 Å². The summed E-state index contributed by atoms with van der Waals surface area (Å²) in [6, 6.07) is 0.478. The second kappa shape index (κ2) is 7.17. The van der Waals surface area contributed by atoms with Gasteiger partial charge in [0, 0.05) is 12.4 Å². The number of carbonyl (C=O) groups excluding carboxylic acids is 1. The quantitative estimate of drug-likeness (QED) is 0.732. The molecule has 1 heterocycles. The summed E-state index contributed by atoms with van der Waals surface area (Å²) in [6.07, 6.45) is 3.77. The molecule has 1 aliphatic heterocycles. The van der Waals surface area contributed by atoms with Gasteiger partial charge in [-0.05, 0) is 31.1 Å². The molecule has 0 spiro atoms. The lowest BCUT2D eigenvalue weighted by Gasteiger charge is -2.21. The van der Waals surface area contributed by atoms with E-state index in [1.54, 1.807) is 0 Å². The van der Waals surface area contributed by atoms with Gasteiger partial charge < -0.3 is 10.1 Å². The second-order valence-corrected chi connectivity index (χ2v) is 6.46. The first-order chi connectivity index (χ1) is 8.38. The predicted molar refractivity (Wildman–Crippen MR) is 77.3 cm³/mol. The van der Waals surface area contributed by atoms with Crippen molar-refractivity contribution in [3.05, 3.63) is 0 Å². The molecule has 3 nitrogen and oxygen atoms in total. The molecule has 104 valence electrons. The van der Waals surface area contributed by atoms with Crippen LogP contribution in [-0.2, 0) is 9.53 Å². The van der Waals surface area contributed by atoms with Gasteiger partial charge in [0.15, 0.2) is 0 Å². The molecular formula is C14H28BNO2. The molecule has 0 aliphatic carbocycles. The summed E-state index contributed by atoms with van der Waals surface area (Å²) in [7, 11) is 2.09. The molecule has 0 bridgehead atoms. The molecule has 3 atom stereocenters. The summed E-state index contributed by atoms with van der Waals surface area (Å²) in [5.74, 6) is 1.37. The molecule has 1 rings (SSSR count). The molecule has 0 aromatic rings. The van der Waals surface area contributed by atoms with Crippen molar-refractivity contribution in [3.63, 3.8) is 0 Å². The van der Waals surface area contributed by atoms with E-state index in [-0.39, 0.29) is 24.1 Å². The zero-order valence-electron chi connectivity index (χ0n) is 12.5. The first kappa shape index (κ1) is 15.6. The monoisotopic (exact) mass is 253 g/mol. The third-order valence-electron chi connectivity index (χ3n) is 3.44. The lowest BCUT2D eigenvalue weighted by molar-refractivity contribution is -0.122. The number of hydrogen-bond acceptors (Lipinski definition) is 2. The van der Waals surface area contributed by atoms with Gasteiger partial charge >= 0.3 is 0 Å². The highest BCUT2D eigenvalue weighted by Crippen LogP contribution is 2.24. The van der Waals surface area contributed by atoms with Crippen LogP contribution in [0.2, 0.25) is 0 Å². The van der Waals surface area contributed by atoms with Gasteiger partial charge in [0.1, 0.15) is 7.85 Å². The van der Waals surface area contributed by atoms with Crippen molar-refractivity contribution in [2.24, 2.45) is 11.8 Å². The maximum atomic E-state index is 11.9. The number of hydrogen-bond donors (Lipinski definition) is 1. The highest BCUT2D eigenvalue weighted by molar-refractivity contribution is 6.11. The Kier molecular flexibility index (Phi) is 6.20. The van der Waals surface area contributed by atoms with Gasteiger partial charge in [-0.2, -0.15) is 0 Å². The molecule has 1 saturated heterocycles. The van der Waals surface area contributed by atoms with E-state index < -0.39 is 0 Å². The Morgan fingerprint density at radius 3 is 2.56 bits per heavy atom. The first-order valence-corrected chi connectivity index (χ1v) is 7.33. The minimum atomic E-state index is 0.181. The van der Waals surface area contributed by atoms with Crippen molar-refractivity contribution < 1.29 is 9.53 Å². The van der Waals surface area contributed by atoms with E-state index in [2.05, 4.69) is 40.9 Å². The molecule has 1 fully saturated rings. The Labute approximate surface area is 112 Å². The Hall–Kier alpha value is -0.505. The Balaban J connectivity index is 2.40. The largest absolute Gasteiger partial charge is 0.382 e. The molecule has 0 radical (unpaired) electrons. The van der Waals surface area contributed by atoms with Gasteiger partial charge in [-0.25, -0.2) is 0 Å². The van der Waals surface area contributed by atoms with E-state index in [0.717, 1.165) is 19.3 Å². The normalized spacial score (nSPS) is 28.0. The van der Waals surface area contributed by atoms with Crippen molar-refractivity contribution in [1.29, 1.82) is 0 Å². The zero-order valence-corrected chi connectivity index (χ0v) is 12.5. The third-order valence-corrected chi connectivity index (χ3v) is 3.44. The Bertz CT molecular complexity index is 269. The Morgan fingerprint density at radius 2 is 2.00 bits per heavy atom. The molecule has 0 unspecified atom stereocenters. The maximum Gasteiger partial charge on any atom is 0.220 e. The summed E-state index contributed by atoms with van der Waals surface area (Å²) in [5, 5.41) is 3.16. The fourth-order valence-corrected chi connectivity index (χ4v) is 2.49. The van der Waals surface area contributed by atoms with Crippen LogP contribution in [0.25, 0.3) is 0 Å². The lowest BCUT2D eigenvalue weighted by Crippen LogP contribution is -2.41. The van der Waals surface area contributed by atoms with Crippen LogP contribution in [0.1, 0.15) is 53.4 Å². The smallest absolute Gasteiger partial charge is 0.220 e. The molecule has 1 N–H and O–H groups in total. The maximum absolute atomic E-state index is 11.9. The lowest BCUT2D eigenvalue weighted by atomic mass is 9.93. The van der Waals surface area contributed by atoms with Crippen molar-refractivity contribution in [2.75, 3.05) is 0 Å². The molecular weight excluding hydrogens is 225 g/mol. The zero-order chi connectivity index (χ0) is 13.7. The van der Waals surface area contributed by atoms with E-state index in [1.165, 1.54) is 0 Å². The third kappa shape index (κ3) is 5.43. The molecule has 18 heavy (non-hydrogen) atoms. The average Bonchev–Trinajstić information content (AvgIpc) is 2.55. The van der Waals surface area contributed by atoms with Gasteiger partial charge in [-0.15, -0.1) is 0 Å². The molecule has 0 aromatic heterocycles. The fraction of sp³-hybridized carbons (Fsp3) is 0.929. The predicted octanol–water partition coefficient (Wildman–Crippen LogP) is 1.70. The topological polar surface area (TPSA) is 38.3 Å². The van der Waals surface area contributed by atoms with Crippen LogP contribution in [0.5, 0.6) is 0 Å². The molecule has 4 heteroatoms. The van der Waals surface area contributed by atoms with Crippen LogP contribution in [-0.4, -0.2) is 31.9 Å². The van der Waals surface area contributed by atoms with Gasteiger partial charge in [0.2, 0.25) is 5.91 Å². The minimum absolute atomic E-state index is 0.181. The number of amides is 1. The van der Waals surface area contributed by atoms with Crippen molar-refractivity contribution in [1.82, 2.24) is 5.32 Å². The molecule has 0 saturated carbocycles. The fourth-order valence-electron chi connectivity index (χ4n) is 2.49. The highest BCUT2D eigenvalue weighted by Gasteiger charge is 2.33. The van der Waals surface area contributed by atoms with E-state index in [9.17, 15) is 4.79 Å². The van der Waals surface area contributed by atoms with Gasteiger partial charge in [0.05, 0.1) is 12.1 Å². The van der Waals surface area contributed by atoms with Crippen LogP contribution < -0.4 is 5.32 Å². The average molecular weight is 253 g/mol. The molecule has 1 aliphatic rings. The van der Waals surface area contributed by atoms with Crippen molar-refractivity contribution >= 4 is 13.8 Å². The van der Waals surface area contributed by atoms with Crippen LogP contribution in [0, 0.1) is 11.8 Å². The van der Waals surface area contributed by atoms with Crippen LogP contribution >= 0.6 is 0 Å². The van der Waals surface area contributed by atoms with E-state index in [0.29, 0.717) is 18.3 Å². The summed E-state index contributed by atoms with van der Waals surface area (Å²) in [4.78, 5) is 11.9. The summed E-state index contributed by atoms with van der Waals surface area (Å²) in [5.41, 5.74) is 0. The number of carbonyl (C=O) groups is 1. The number of rotatable bonds is 6. The van der Waals surface area contributed by atoms with Gasteiger partial charge in [-0.1, -0.05) is 27.7 Å². The first-order valence-electron chi connectivity index (χ1n) is 7.33. The molecule has 0 aromatic carbocycles. The summed E-state index contributed by atoms with van der Waals surface area (Å²) >= 11 is 0. The number of ether oxygens (including phenoxy) is 1. The van der Waals surface area contributed by atoms with E-state index in [4.69, 9.17) is 4.74 Å². The highest BCUT2D eigenvalue weighted by atomic mass is 16.5. The SMILES string of the molecule is B[C@H]1C[C@@H](NC(=O)CCC(C)C)[C@@H](CC(C)C)O1. The minimum Gasteiger partial charge on any atom is -0.382 e. The van der Waals surface area contributed by atoms with E-state index >= 15 is 0 Å². The summed E-state index contributed by atoms with van der Waals surface area (Å²) < 4.78 is 5.90.